The van der Waals surface area contributed by atoms with E-state index in [0.29, 0.717) is 36.3 Å². The summed E-state index contributed by atoms with van der Waals surface area (Å²) in [6.07, 6.45) is 7.54. The fraction of sp³-hybridized carbons (Fsp3) is 0.429. The molecule has 1 aliphatic rings. The Balaban J connectivity index is 1.55. The molecular weight excluding hydrogens is 512 g/mol. The lowest BCUT2D eigenvalue weighted by atomic mass is 9.90. The number of pyridine rings is 1. The van der Waals surface area contributed by atoms with Crippen LogP contribution in [0.4, 0.5) is 16.4 Å². The van der Waals surface area contributed by atoms with Crippen molar-refractivity contribution in [2.75, 3.05) is 23.7 Å². The third-order valence-electron chi connectivity index (χ3n) is 6.76. The van der Waals surface area contributed by atoms with Gasteiger partial charge in [0.25, 0.3) is 0 Å². The van der Waals surface area contributed by atoms with E-state index >= 15 is 0 Å². The van der Waals surface area contributed by atoms with Crippen molar-refractivity contribution in [3.05, 3.63) is 42.7 Å². The van der Waals surface area contributed by atoms with Gasteiger partial charge in [-0.3, -0.25) is 9.69 Å². The molecule has 1 saturated heterocycles. The minimum absolute atomic E-state index is 0.0324. The molecule has 5 rings (SSSR count). The SMILES string of the molecule is Cc1cnc2ccc(-c3nc(N(C=O)CC4CC(C)(C)CN4C(=O)OC(C)(C)C)c(N)nc3-c3ncco3)cn12. The van der Waals surface area contributed by atoms with Crippen LogP contribution >= 0.6 is 0 Å². The summed E-state index contributed by atoms with van der Waals surface area (Å²) in [6.45, 7) is 12.3. The van der Waals surface area contributed by atoms with Gasteiger partial charge in [0, 0.05) is 36.7 Å². The Hall–Kier alpha value is -4.48. The molecule has 4 aromatic heterocycles. The number of fused-ring (bicyclic) bond motifs is 1. The first-order valence-electron chi connectivity index (χ1n) is 13.1. The molecule has 210 valence electrons. The van der Waals surface area contributed by atoms with Crippen LogP contribution < -0.4 is 10.6 Å². The number of carbonyl (C=O) groups excluding carboxylic acids is 2. The van der Waals surface area contributed by atoms with Gasteiger partial charge >= 0.3 is 6.09 Å². The van der Waals surface area contributed by atoms with Crippen molar-refractivity contribution in [2.24, 2.45) is 5.41 Å². The lowest BCUT2D eigenvalue weighted by Gasteiger charge is -2.31. The van der Waals surface area contributed by atoms with Gasteiger partial charge in [0.05, 0.1) is 12.2 Å². The highest BCUT2D eigenvalue weighted by atomic mass is 16.6. The van der Waals surface area contributed by atoms with E-state index in [1.807, 2.05) is 50.4 Å². The van der Waals surface area contributed by atoms with Crippen LogP contribution in [0.5, 0.6) is 0 Å². The predicted octanol–water partition coefficient (Wildman–Crippen LogP) is 4.34. The number of amides is 2. The Labute approximate surface area is 232 Å². The van der Waals surface area contributed by atoms with E-state index in [2.05, 4.69) is 28.8 Å². The van der Waals surface area contributed by atoms with E-state index < -0.39 is 11.7 Å². The van der Waals surface area contributed by atoms with E-state index in [4.69, 9.17) is 19.9 Å². The first-order valence-corrected chi connectivity index (χ1v) is 13.1. The molecule has 1 aliphatic heterocycles. The van der Waals surface area contributed by atoms with Crippen molar-refractivity contribution in [2.45, 2.75) is 59.6 Å². The minimum Gasteiger partial charge on any atom is -0.444 e. The average Bonchev–Trinajstić information content (AvgIpc) is 3.61. The maximum Gasteiger partial charge on any atom is 0.410 e. The molecular formula is C28H34N8O4. The summed E-state index contributed by atoms with van der Waals surface area (Å²) in [5.41, 5.74) is 8.79. The number of nitrogen functional groups attached to an aromatic ring is 1. The summed E-state index contributed by atoms with van der Waals surface area (Å²) >= 11 is 0. The average molecular weight is 547 g/mol. The molecule has 0 spiro atoms. The Morgan fingerprint density at radius 1 is 1.25 bits per heavy atom. The summed E-state index contributed by atoms with van der Waals surface area (Å²) in [5, 5.41) is 0. The van der Waals surface area contributed by atoms with Crippen LogP contribution in [0.25, 0.3) is 28.5 Å². The maximum atomic E-state index is 13.1. The lowest BCUT2D eigenvalue weighted by Crippen LogP contribution is -2.45. The molecule has 12 nitrogen and oxygen atoms in total. The van der Waals surface area contributed by atoms with Crippen LogP contribution in [0.15, 0.2) is 41.4 Å². The number of oxazole rings is 1. The standard InChI is InChI=1S/C28H34N8O4/c1-17-12-31-20-8-7-18(13-35(17)20)21-22(25-30-9-10-39-25)32-23(29)24(33-21)34(16-37)14-19-11-28(5,6)15-36(19)26(38)40-27(2,3)4/h7-10,12-13,16,19H,11,14-15H2,1-6H3,(H2,29,32). The van der Waals surface area contributed by atoms with Gasteiger partial charge in [-0.25, -0.2) is 24.7 Å². The summed E-state index contributed by atoms with van der Waals surface area (Å²) in [5.74, 6) is 0.455. The number of hydrogen-bond donors (Lipinski definition) is 1. The van der Waals surface area contributed by atoms with E-state index in [1.165, 1.54) is 17.4 Å². The molecule has 40 heavy (non-hydrogen) atoms. The Morgan fingerprint density at radius 3 is 2.70 bits per heavy atom. The first kappa shape index (κ1) is 27.1. The minimum atomic E-state index is -0.645. The number of imidazole rings is 1. The third-order valence-corrected chi connectivity index (χ3v) is 6.76. The largest absolute Gasteiger partial charge is 0.444 e. The van der Waals surface area contributed by atoms with Gasteiger partial charge in [-0.05, 0) is 51.7 Å². The van der Waals surface area contributed by atoms with Crippen molar-refractivity contribution < 1.29 is 18.7 Å². The van der Waals surface area contributed by atoms with E-state index in [1.54, 1.807) is 11.1 Å². The van der Waals surface area contributed by atoms with Crippen LogP contribution in [0.1, 0.15) is 46.7 Å². The second-order valence-corrected chi connectivity index (χ2v) is 11.9. The maximum absolute atomic E-state index is 13.1. The molecule has 2 amide bonds. The molecule has 2 N–H and O–H groups in total. The van der Waals surface area contributed by atoms with Gasteiger partial charge in [0.15, 0.2) is 17.3 Å². The number of likely N-dealkylation sites (tertiary alicyclic amines) is 1. The van der Waals surface area contributed by atoms with Crippen molar-refractivity contribution in [1.29, 1.82) is 0 Å². The lowest BCUT2D eigenvalue weighted by molar-refractivity contribution is -0.107. The first-order chi connectivity index (χ1) is 18.8. The molecule has 0 aliphatic carbocycles. The highest BCUT2D eigenvalue weighted by Gasteiger charge is 2.42. The summed E-state index contributed by atoms with van der Waals surface area (Å²) in [7, 11) is 0. The molecule has 1 atom stereocenters. The molecule has 1 fully saturated rings. The Morgan fingerprint density at radius 2 is 2.02 bits per heavy atom. The number of ether oxygens (including phenoxy) is 1. The molecule has 12 heteroatoms. The van der Waals surface area contributed by atoms with Gasteiger partial charge < -0.3 is 24.2 Å². The molecule has 4 aromatic rings. The van der Waals surface area contributed by atoms with Gasteiger partial charge in [0.1, 0.15) is 23.2 Å². The molecule has 0 bridgehead atoms. The summed E-state index contributed by atoms with van der Waals surface area (Å²) in [6, 6.07) is 3.43. The smallest absolute Gasteiger partial charge is 0.410 e. The molecule has 0 radical (unpaired) electrons. The number of anilines is 2. The number of rotatable bonds is 6. The Bertz CT molecular complexity index is 1550. The highest BCUT2D eigenvalue weighted by Crippen LogP contribution is 2.37. The quantitative estimate of drug-likeness (QED) is 0.349. The number of carbonyl (C=O) groups is 2. The fourth-order valence-corrected chi connectivity index (χ4v) is 5.09. The van der Waals surface area contributed by atoms with E-state index in [0.717, 1.165) is 11.3 Å². The van der Waals surface area contributed by atoms with Crippen molar-refractivity contribution >= 4 is 29.8 Å². The number of aryl methyl sites for hydroxylation is 1. The number of aromatic nitrogens is 5. The summed E-state index contributed by atoms with van der Waals surface area (Å²) in [4.78, 5) is 46.7. The fourth-order valence-electron chi connectivity index (χ4n) is 5.09. The van der Waals surface area contributed by atoms with Crippen molar-refractivity contribution in [3.8, 4) is 22.8 Å². The number of hydrogen-bond acceptors (Lipinski definition) is 9. The van der Waals surface area contributed by atoms with E-state index in [9.17, 15) is 9.59 Å². The van der Waals surface area contributed by atoms with Crippen LogP contribution in [0.3, 0.4) is 0 Å². The van der Waals surface area contributed by atoms with Gasteiger partial charge in [-0.15, -0.1) is 0 Å². The van der Waals surface area contributed by atoms with Crippen LogP contribution in [-0.4, -0.2) is 66.5 Å². The van der Waals surface area contributed by atoms with Gasteiger partial charge in [-0.2, -0.15) is 0 Å². The number of nitrogens with zero attached hydrogens (tertiary/aromatic N) is 7. The van der Waals surface area contributed by atoms with Gasteiger partial charge in [-0.1, -0.05) is 13.8 Å². The topological polar surface area (TPSA) is 145 Å². The zero-order valence-electron chi connectivity index (χ0n) is 23.6. The van der Waals surface area contributed by atoms with Crippen LogP contribution in [0.2, 0.25) is 0 Å². The van der Waals surface area contributed by atoms with Gasteiger partial charge in [0.2, 0.25) is 12.3 Å². The predicted molar refractivity (Wildman–Crippen MR) is 149 cm³/mol. The molecule has 0 aromatic carbocycles. The normalized spacial score (nSPS) is 16.9. The zero-order chi connectivity index (χ0) is 28.8. The van der Waals surface area contributed by atoms with Crippen molar-refractivity contribution in [1.82, 2.24) is 29.2 Å². The monoisotopic (exact) mass is 546 g/mol. The van der Waals surface area contributed by atoms with Crippen molar-refractivity contribution in [3.63, 3.8) is 0 Å². The molecule has 5 heterocycles. The van der Waals surface area contributed by atoms with Crippen LogP contribution in [-0.2, 0) is 9.53 Å². The second kappa shape index (κ2) is 9.92. The van der Waals surface area contributed by atoms with Crippen LogP contribution in [0, 0.1) is 12.3 Å². The second-order valence-electron chi connectivity index (χ2n) is 11.9. The number of nitrogens with two attached hydrogens (primary N) is 1. The zero-order valence-corrected chi connectivity index (χ0v) is 23.6. The molecule has 0 saturated carbocycles. The Kier molecular flexibility index (Phi) is 6.72. The van der Waals surface area contributed by atoms with E-state index in [-0.39, 0.29) is 35.5 Å². The highest BCUT2D eigenvalue weighted by molar-refractivity contribution is 5.84. The third kappa shape index (κ3) is 5.33. The summed E-state index contributed by atoms with van der Waals surface area (Å²) < 4.78 is 13.1. The molecule has 1 unspecified atom stereocenters.